The molecule has 4 nitrogen and oxygen atoms in total. The molecule has 0 fully saturated rings. The van der Waals surface area contributed by atoms with Gasteiger partial charge in [0.25, 0.3) is 0 Å². The van der Waals surface area contributed by atoms with E-state index in [1.54, 1.807) is 23.9 Å². The summed E-state index contributed by atoms with van der Waals surface area (Å²) in [5.41, 5.74) is 0.424. The van der Waals surface area contributed by atoms with Crippen molar-refractivity contribution in [1.82, 2.24) is 19.5 Å². The Morgan fingerprint density at radius 2 is 2.13 bits per heavy atom. The normalized spacial score (nSPS) is 10.6. The van der Waals surface area contributed by atoms with Crippen LogP contribution in [0.15, 0.2) is 18.7 Å². The number of halogens is 1. The van der Waals surface area contributed by atoms with Gasteiger partial charge in [0.1, 0.15) is 12.2 Å². The van der Waals surface area contributed by atoms with Gasteiger partial charge < -0.3 is 0 Å². The number of aromatic nitrogens is 4. The van der Waals surface area contributed by atoms with Gasteiger partial charge in [0.2, 0.25) is 0 Å². The molecule has 0 aliphatic rings. The highest BCUT2D eigenvalue weighted by Gasteiger charge is 2.12. The summed E-state index contributed by atoms with van der Waals surface area (Å²) in [5.74, 6) is 0.590. The van der Waals surface area contributed by atoms with Crippen LogP contribution >= 0.6 is 0 Å². The highest BCUT2D eigenvalue weighted by molar-refractivity contribution is 5.28. The topological polar surface area (TPSA) is 43.6 Å². The Labute approximate surface area is 86.8 Å². The van der Waals surface area contributed by atoms with Crippen LogP contribution in [0.5, 0.6) is 0 Å². The van der Waals surface area contributed by atoms with E-state index in [9.17, 15) is 4.39 Å². The monoisotopic (exact) mass is 206 g/mol. The minimum Gasteiger partial charge on any atom is -0.286 e. The summed E-state index contributed by atoms with van der Waals surface area (Å²) >= 11 is 0. The summed E-state index contributed by atoms with van der Waals surface area (Å²) in [6, 6.07) is 0. The zero-order chi connectivity index (χ0) is 10.8. The summed E-state index contributed by atoms with van der Waals surface area (Å²) in [5, 5.41) is 0. The summed E-state index contributed by atoms with van der Waals surface area (Å²) in [7, 11) is 0. The summed E-state index contributed by atoms with van der Waals surface area (Å²) in [6.45, 7) is 3.66. The first-order chi connectivity index (χ1) is 7.24. The molecule has 0 saturated carbocycles. The van der Waals surface area contributed by atoms with Crippen LogP contribution in [-0.2, 0) is 6.42 Å². The van der Waals surface area contributed by atoms with E-state index in [2.05, 4.69) is 15.0 Å². The Morgan fingerprint density at radius 3 is 2.73 bits per heavy atom. The molecule has 0 amide bonds. The maximum Gasteiger partial charge on any atom is 0.187 e. The fraction of sp³-hybridized carbons (Fsp3) is 0.300. The van der Waals surface area contributed by atoms with Crippen LogP contribution in [0.1, 0.15) is 18.4 Å². The third-order valence-electron chi connectivity index (χ3n) is 2.23. The molecule has 0 atom stereocenters. The minimum absolute atomic E-state index is 0.261. The van der Waals surface area contributed by atoms with Gasteiger partial charge in [0.15, 0.2) is 11.6 Å². The van der Waals surface area contributed by atoms with Gasteiger partial charge in [-0.1, -0.05) is 6.92 Å². The molecule has 2 rings (SSSR count). The minimum atomic E-state index is -0.374. The maximum atomic E-state index is 13.8. The molecule has 0 aliphatic heterocycles. The standard InChI is InChI=1S/C10H11FN4/c1-3-8-9(11)10(14-6-13-8)15-5-4-12-7(15)2/h4-6H,3H2,1-2H3. The van der Waals surface area contributed by atoms with E-state index < -0.39 is 0 Å². The molecule has 78 valence electrons. The predicted octanol–water partition coefficient (Wildman–Crippen LogP) is 1.67. The second-order valence-corrected chi connectivity index (χ2v) is 3.16. The number of imidazole rings is 1. The predicted molar refractivity (Wildman–Crippen MR) is 53.2 cm³/mol. The van der Waals surface area contributed by atoms with Gasteiger partial charge in [-0.2, -0.15) is 0 Å². The molecular formula is C10H11FN4. The summed E-state index contributed by atoms with van der Waals surface area (Å²) in [4.78, 5) is 11.8. The van der Waals surface area contributed by atoms with Crippen LogP contribution in [0.2, 0.25) is 0 Å². The Balaban J connectivity index is 2.59. The number of hydrogen-bond donors (Lipinski definition) is 0. The highest BCUT2D eigenvalue weighted by atomic mass is 19.1. The van der Waals surface area contributed by atoms with E-state index in [1.165, 1.54) is 6.33 Å². The van der Waals surface area contributed by atoms with Crippen LogP contribution in [0.3, 0.4) is 0 Å². The Hall–Kier alpha value is -1.78. The Morgan fingerprint density at radius 1 is 1.33 bits per heavy atom. The van der Waals surface area contributed by atoms with Crippen molar-refractivity contribution in [2.45, 2.75) is 20.3 Å². The molecular weight excluding hydrogens is 195 g/mol. The fourth-order valence-corrected chi connectivity index (χ4v) is 1.41. The van der Waals surface area contributed by atoms with E-state index >= 15 is 0 Å². The van der Waals surface area contributed by atoms with Crippen molar-refractivity contribution < 1.29 is 4.39 Å². The van der Waals surface area contributed by atoms with Crippen LogP contribution in [0.4, 0.5) is 4.39 Å². The van der Waals surface area contributed by atoms with E-state index in [0.717, 1.165) is 0 Å². The lowest BCUT2D eigenvalue weighted by molar-refractivity contribution is 0.580. The lowest BCUT2D eigenvalue weighted by Crippen LogP contribution is -2.06. The average Bonchev–Trinajstić information content (AvgIpc) is 2.65. The van der Waals surface area contributed by atoms with Crippen LogP contribution in [-0.4, -0.2) is 19.5 Å². The smallest absolute Gasteiger partial charge is 0.187 e. The molecule has 0 radical (unpaired) electrons. The zero-order valence-electron chi connectivity index (χ0n) is 8.61. The quantitative estimate of drug-likeness (QED) is 0.750. The van der Waals surface area contributed by atoms with Crippen molar-refractivity contribution >= 4 is 0 Å². The van der Waals surface area contributed by atoms with Crippen LogP contribution in [0, 0.1) is 12.7 Å². The van der Waals surface area contributed by atoms with E-state index in [0.29, 0.717) is 17.9 Å². The number of aryl methyl sites for hydroxylation is 2. The molecule has 0 aromatic carbocycles. The van der Waals surface area contributed by atoms with Crippen LogP contribution in [0.25, 0.3) is 5.82 Å². The Bertz CT molecular complexity index is 478. The lowest BCUT2D eigenvalue weighted by atomic mass is 10.3. The molecule has 0 N–H and O–H groups in total. The first-order valence-corrected chi connectivity index (χ1v) is 4.73. The van der Waals surface area contributed by atoms with Gasteiger partial charge >= 0.3 is 0 Å². The molecule has 0 bridgehead atoms. The molecule has 0 aliphatic carbocycles. The lowest BCUT2D eigenvalue weighted by Gasteiger charge is -2.06. The third-order valence-corrected chi connectivity index (χ3v) is 2.23. The molecule has 0 unspecified atom stereocenters. The molecule has 15 heavy (non-hydrogen) atoms. The SMILES string of the molecule is CCc1ncnc(-n2ccnc2C)c1F. The molecule has 2 heterocycles. The van der Waals surface area contributed by atoms with Crippen molar-refractivity contribution in [3.05, 3.63) is 36.1 Å². The van der Waals surface area contributed by atoms with Crippen molar-refractivity contribution in [3.63, 3.8) is 0 Å². The number of hydrogen-bond acceptors (Lipinski definition) is 3. The maximum absolute atomic E-state index is 13.8. The van der Waals surface area contributed by atoms with E-state index in [4.69, 9.17) is 0 Å². The fourth-order valence-electron chi connectivity index (χ4n) is 1.41. The first kappa shape index (κ1) is 9.76. The zero-order valence-corrected chi connectivity index (χ0v) is 8.61. The van der Waals surface area contributed by atoms with Gasteiger partial charge in [-0.3, -0.25) is 4.57 Å². The first-order valence-electron chi connectivity index (χ1n) is 4.73. The number of rotatable bonds is 2. The number of nitrogens with zero attached hydrogens (tertiary/aromatic N) is 4. The molecule has 2 aromatic heterocycles. The molecule has 0 spiro atoms. The van der Waals surface area contributed by atoms with Crippen molar-refractivity contribution in [1.29, 1.82) is 0 Å². The van der Waals surface area contributed by atoms with Gasteiger partial charge in [0.05, 0.1) is 5.69 Å². The summed E-state index contributed by atoms with van der Waals surface area (Å²) in [6.07, 6.45) is 5.22. The largest absolute Gasteiger partial charge is 0.286 e. The van der Waals surface area contributed by atoms with Gasteiger partial charge in [-0.15, -0.1) is 0 Å². The van der Waals surface area contributed by atoms with Gasteiger partial charge in [-0.25, -0.2) is 19.3 Å². The van der Waals surface area contributed by atoms with Gasteiger partial charge in [0, 0.05) is 12.4 Å². The molecule has 5 heteroatoms. The molecule has 0 saturated heterocycles. The van der Waals surface area contributed by atoms with Crippen molar-refractivity contribution in [2.75, 3.05) is 0 Å². The van der Waals surface area contributed by atoms with Crippen molar-refractivity contribution in [3.8, 4) is 5.82 Å². The van der Waals surface area contributed by atoms with Crippen LogP contribution < -0.4 is 0 Å². The molecule has 2 aromatic rings. The van der Waals surface area contributed by atoms with Crippen molar-refractivity contribution in [2.24, 2.45) is 0 Å². The Kier molecular flexibility index (Phi) is 2.45. The summed E-state index contributed by atoms with van der Waals surface area (Å²) < 4.78 is 15.4. The van der Waals surface area contributed by atoms with E-state index in [-0.39, 0.29) is 11.6 Å². The van der Waals surface area contributed by atoms with Gasteiger partial charge in [-0.05, 0) is 13.3 Å². The average molecular weight is 206 g/mol. The second-order valence-electron chi connectivity index (χ2n) is 3.16. The second kappa shape index (κ2) is 3.76. The highest BCUT2D eigenvalue weighted by Crippen LogP contribution is 2.14. The third kappa shape index (κ3) is 1.60. The van der Waals surface area contributed by atoms with E-state index in [1.807, 2.05) is 6.92 Å².